The molecular formula is C14H27N3O6S. The van der Waals surface area contributed by atoms with Crippen molar-refractivity contribution >= 4 is 22.0 Å². The van der Waals surface area contributed by atoms with E-state index in [1.807, 2.05) is 0 Å². The van der Waals surface area contributed by atoms with Gasteiger partial charge in [0.2, 0.25) is 10.0 Å². The van der Waals surface area contributed by atoms with Gasteiger partial charge in [-0.2, -0.15) is 4.31 Å². The number of hydrogen-bond donors (Lipinski definition) is 1. The lowest BCUT2D eigenvalue weighted by Gasteiger charge is -2.42. The molecule has 0 amide bonds. The molecule has 1 heterocycles. The normalized spacial score (nSPS) is 20.2. The number of ether oxygens (including phenoxy) is 2. The van der Waals surface area contributed by atoms with Gasteiger partial charge in [0, 0.05) is 26.2 Å². The largest absolute Gasteiger partial charge is 0.467 e. The number of carbonyl (C=O) groups is 2. The lowest BCUT2D eigenvalue weighted by atomic mass is 10.0. The van der Waals surface area contributed by atoms with Gasteiger partial charge in [0.1, 0.15) is 5.60 Å². The van der Waals surface area contributed by atoms with Crippen LogP contribution in [0.15, 0.2) is 0 Å². The van der Waals surface area contributed by atoms with Crippen molar-refractivity contribution < 1.29 is 27.5 Å². The molecule has 0 spiro atoms. The number of nitrogens with two attached hydrogens (primary N) is 1. The van der Waals surface area contributed by atoms with E-state index in [2.05, 4.69) is 0 Å². The third kappa shape index (κ3) is 5.40. The molecule has 0 saturated carbocycles. The summed E-state index contributed by atoms with van der Waals surface area (Å²) >= 11 is 0. The zero-order chi connectivity index (χ0) is 18.8. The summed E-state index contributed by atoms with van der Waals surface area (Å²) in [5.41, 5.74) is 3.78. The third-order valence-electron chi connectivity index (χ3n) is 3.64. The summed E-state index contributed by atoms with van der Waals surface area (Å²) in [5.74, 6) is -1.39. The minimum atomic E-state index is -3.31. The summed E-state index contributed by atoms with van der Waals surface area (Å²) in [6.07, 6.45) is 0.745. The summed E-state index contributed by atoms with van der Waals surface area (Å²) in [4.78, 5) is 25.9. The van der Waals surface area contributed by atoms with Gasteiger partial charge in [-0.25, -0.2) is 13.2 Å². The molecule has 0 aromatic carbocycles. The van der Waals surface area contributed by atoms with E-state index >= 15 is 0 Å². The Bertz CT molecular complexity index is 578. The van der Waals surface area contributed by atoms with E-state index in [1.54, 1.807) is 25.7 Å². The van der Waals surface area contributed by atoms with Gasteiger partial charge in [-0.3, -0.25) is 9.69 Å². The maximum atomic E-state index is 12.2. The minimum Gasteiger partial charge on any atom is -0.467 e. The molecule has 10 heteroatoms. The predicted octanol–water partition coefficient (Wildman–Crippen LogP) is -0.877. The molecule has 1 saturated heterocycles. The molecule has 0 aromatic heterocycles. The Hall–Kier alpha value is -1.23. The molecule has 1 atom stereocenters. The van der Waals surface area contributed by atoms with E-state index < -0.39 is 33.2 Å². The van der Waals surface area contributed by atoms with E-state index in [1.165, 1.54) is 11.4 Å². The first-order chi connectivity index (χ1) is 10.8. The lowest BCUT2D eigenvalue weighted by Crippen LogP contribution is -2.67. The average Bonchev–Trinajstić information content (AvgIpc) is 2.43. The number of carbonyl (C=O) groups excluding carboxylic acids is 2. The molecule has 9 nitrogen and oxygen atoms in total. The number of methoxy groups -OCH3 is 1. The molecule has 1 aliphatic heterocycles. The van der Waals surface area contributed by atoms with Crippen LogP contribution in [0.1, 0.15) is 27.2 Å². The first kappa shape index (κ1) is 20.8. The highest BCUT2D eigenvalue weighted by Crippen LogP contribution is 2.21. The van der Waals surface area contributed by atoms with Crippen molar-refractivity contribution in [3.63, 3.8) is 0 Å². The maximum absolute atomic E-state index is 12.2. The van der Waals surface area contributed by atoms with Gasteiger partial charge in [-0.1, -0.05) is 0 Å². The number of esters is 2. The monoisotopic (exact) mass is 365 g/mol. The van der Waals surface area contributed by atoms with Crippen LogP contribution in [-0.2, 0) is 29.1 Å². The summed E-state index contributed by atoms with van der Waals surface area (Å²) in [7, 11) is -2.12. The Morgan fingerprint density at radius 1 is 1.12 bits per heavy atom. The SMILES string of the molecule is COC(=O)[C@@](N)(CC(=O)OC(C)(C)C)N1CCN(S(C)(=O)=O)CC1. The van der Waals surface area contributed by atoms with Gasteiger partial charge in [-0.15, -0.1) is 0 Å². The third-order valence-corrected chi connectivity index (χ3v) is 4.95. The van der Waals surface area contributed by atoms with Crippen LogP contribution in [0.3, 0.4) is 0 Å². The van der Waals surface area contributed by atoms with E-state index in [0.717, 1.165) is 6.26 Å². The molecule has 1 fully saturated rings. The molecule has 2 N–H and O–H groups in total. The van der Waals surface area contributed by atoms with E-state index in [0.29, 0.717) is 0 Å². The number of hydrogen-bond acceptors (Lipinski definition) is 8. The highest BCUT2D eigenvalue weighted by atomic mass is 32.2. The Balaban J connectivity index is 2.90. The van der Waals surface area contributed by atoms with Crippen LogP contribution < -0.4 is 5.73 Å². The number of nitrogens with zero attached hydrogens (tertiary/aromatic N) is 2. The lowest BCUT2D eigenvalue weighted by molar-refractivity contribution is -0.169. The second kappa shape index (κ2) is 7.34. The summed E-state index contributed by atoms with van der Waals surface area (Å²) in [6, 6.07) is 0. The van der Waals surface area contributed by atoms with Crippen molar-refractivity contribution in [1.29, 1.82) is 0 Å². The minimum absolute atomic E-state index is 0.184. The highest BCUT2D eigenvalue weighted by molar-refractivity contribution is 7.88. The Morgan fingerprint density at radius 2 is 1.62 bits per heavy atom. The molecule has 140 valence electrons. The van der Waals surface area contributed by atoms with Crippen molar-refractivity contribution in [2.45, 2.75) is 38.5 Å². The standard InChI is InChI=1S/C14H27N3O6S/c1-13(2,3)23-11(18)10-14(15,12(19)22-4)16-6-8-17(9-7-16)24(5,20)21/h6-10,15H2,1-5H3/t14-/m1/s1. The van der Waals surface area contributed by atoms with Crippen LogP contribution in [0, 0.1) is 0 Å². The van der Waals surface area contributed by atoms with Gasteiger partial charge >= 0.3 is 11.9 Å². The highest BCUT2D eigenvalue weighted by Gasteiger charge is 2.46. The van der Waals surface area contributed by atoms with Crippen LogP contribution in [0.2, 0.25) is 0 Å². The number of piperazine rings is 1. The predicted molar refractivity (Wildman–Crippen MR) is 87.4 cm³/mol. The number of sulfonamides is 1. The molecule has 1 aliphatic rings. The summed E-state index contributed by atoms with van der Waals surface area (Å²) in [6.45, 7) is 5.93. The van der Waals surface area contributed by atoms with Crippen molar-refractivity contribution in [2.75, 3.05) is 39.5 Å². The molecule has 0 radical (unpaired) electrons. The first-order valence-electron chi connectivity index (χ1n) is 7.59. The Kier molecular flexibility index (Phi) is 6.37. The Morgan fingerprint density at radius 3 is 2.00 bits per heavy atom. The van der Waals surface area contributed by atoms with E-state index in [-0.39, 0.29) is 32.6 Å². The molecule has 0 unspecified atom stereocenters. The smallest absolute Gasteiger partial charge is 0.341 e. The Labute approximate surface area is 143 Å². The second-order valence-electron chi connectivity index (χ2n) is 6.83. The molecule has 24 heavy (non-hydrogen) atoms. The fourth-order valence-electron chi connectivity index (χ4n) is 2.51. The van der Waals surface area contributed by atoms with Gasteiger partial charge < -0.3 is 15.2 Å². The van der Waals surface area contributed by atoms with Crippen LogP contribution in [0.25, 0.3) is 0 Å². The fraction of sp³-hybridized carbons (Fsp3) is 0.857. The zero-order valence-corrected chi connectivity index (χ0v) is 15.7. The number of rotatable bonds is 5. The van der Waals surface area contributed by atoms with Crippen molar-refractivity contribution in [3.05, 3.63) is 0 Å². The molecule has 0 bridgehead atoms. The van der Waals surface area contributed by atoms with Crippen LogP contribution in [0.4, 0.5) is 0 Å². The quantitative estimate of drug-likeness (QED) is 0.624. The van der Waals surface area contributed by atoms with E-state index in [4.69, 9.17) is 15.2 Å². The summed E-state index contributed by atoms with van der Waals surface area (Å²) in [5, 5.41) is 0. The van der Waals surface area contributed by atoms with Crippen LogP contribution in [0.5, 0.6) is 0 Å². The van der Waals surface area contributed by atoms with Gasteiger partial charge in [-0.05, 0) is 20.8 Å². The van der Waals surface area contributed by atoms with Gasteiger partial charge in [0.05, 0.1) is 19.8 Å². The fourth-order valence-corrected chi connectivity index (χ4v) is 3.33. The van der Waals surface area contributed by atoms with Gasteiger partial charge in [0.15, 0.2) is 5.66 Å². The molecule has 1 rings (SSSR count). The summed E-state index contributed by atoms with van der Waals surface area (Å²) < 4.78 is 34.4. The first-order valence-corrected chi connectivity index (χ1v) is 9.44. The van der Waals surface area contributed by atoms with Crippen LogP contribution in [-0.4, -0.2) is 80.4 Å². The molecule has 0 aromatic rings. The maximum Gasteiger partial charge on any atom is 0.341 e. The van der Waals surface area contributed by atoms with Crippen molar-refractivity contribution in [2.24, 2.45) is 5.73 Å². The van der Waals surface area contributed by atoms with Crippen molar-refractivity contribution in [3.8, 4) is 0 Å². The topological polar surface area (TPSA) is 119 Å². The second-order valence-corrected chi connectivity index (χ2v) is 8.81. The average molecular weight is 365 g/mol. The van der Waals surface area contributed by atoms with E-state index in [9.17, 15) is 18.0 Å². The molecular weight excluding hydrogens is 338 g/mol. The zero-order valence-electron chi connectivity index (χ0n) is 14.9. The molecule has 0 aliphatic carbocycles. The van der Waals surface area contributed by atoms with Crippen LogP contribution >= 0.6 is 0 Å². The van der Waals surface area contributed by atoms with Crippen molar-refractivity contribution in [1.82, 2.24) is 9.21 Å². The van der Waals surface area contributed by atoms with Gasteiger partial charge in [0.25, 0.3) is 0 Å².